The Kier molecular flexibility index (Phi) is 8.52. The SMILES string of the molecule is CC(c1ccc(C(=O)Nc2ccc(C(F)(F)F)cn2)c(Cl)c1)N1C(=O)c2ccc(Cl)cc2CC(=O)[C@H]1Cc1ccccn1. The van der Waals surface area contributed by atoms with Gasteiger partial charge in [0, 0.05) is 41.5 Å². The van der Waals surface area contributed by atoms with E-state index in [1.54, 1.807) is 55.6 Å². The molecule has 3 heterocycles. The Morgan fingerprint density at radius 3 is 2.49 bits per heavy atom. The summed E-state index contributed by atoms with van der Waals surface area (Å²) in [6.07, 6.45) is -2.12. The molecule has 0 saturated carbocycles. The fourth-order valence-corrected chi connectivity index (χ4v) is 5.46. The molecule has 0 saturated heterocycles. The van der Waals surface area contributed by atoms with Crippen LogP contribution in [0.2, 0.25) is 10.0 Å². The lowest BCUT2D eigenvalue weighted by Gasteiger charge is -2.35. The molecule has 7 nitrogen and oxygen atoms in total. The third kappa shape index (κ3) is 6.55. The van der Waals surface area contributed by atoms with Crippen LogP contribution in [0.25, 0.3) is 0 Å². The zero-order chi connectivity index (χ0) is 30.9. The first kappa shape index (κ1) is 30.2. The van der Waals surface area contributed by atoms with Gasteiger partial charge in [0.1, 0.15) is 5.82 Å². The number of halogens is 5. The average Bonchev–Trinajstić information content (AvgIpc) is 3.06. The summed E-state index contributed by atoms with van der Waals surface area (Å²) in [6.45, 7) is 1.76. The molecule has 1 aliphatic rings. The number of nitrogens with zero attached hydrogens (tertiary/aromatic N) is 3. The Hall–Kier alpha value is -4.28. The van der Waals surface area contributed by atoms with Crippen molar-refractivity contribution in [1.29, 1.82) is 0 Å². The number of pyridine rings is 2. The van der Waals surface area contributed by atoms with Crippen molar-refractivity contribution in [3.8, 4) is 0 Å². The number of aromatic nitrogens is 2. The lowest BCUT2D eigenvalue weighted by Crippen LogP contribution is -2.46. The van der Waals surface area contributed by atoms with Gasteiger partial charge < -0.3 is 10.2 Å². The van der Waals surface area contributed by atoms with Crippen molar-refractivity contribution in [2.24, 2.45) is 0 Å². The number of anilines is 1. The lowest BCUT2D eigenvalue weighted by molar-refractivity contribution is -0.137. The third-order valence-electron chi connectivity index (χ3n) is 7.20. The lowest BCUT2D eigenvalue weighted by atomic mass is 9.97. The Balaban J connectivity index is 1.44. The van der Waals surface area contributed by atoms with Crippen LogP contribution in [0.4, 0.5) is 19.0 Å². The van der Waals surface area contributed by atoms with E-state index in [4.69, 9.17) is 23.2 Å². The number of alkyl halides is 3. The second-order valence-electron chi connectivity index (χ2n) is 10.00. The van der Waals surface area contributed by atoms with Crippen molar-refractivity contribution in [1.82, 2.24) is 14.9 Å². The molecule has 2 amide bonds. The zero-order valence-corrected chi connectivity index (χ0v) is 24.0. The van der Waals surface area contributed by atoms with Gasteiger partial charge in [-0.2, -0.15) is 13.2 Å². The summed E-state index contributed by atoms with van der Waals surface area (Å²) in [7, 11) is 0. The van der Waals surface area contributed by atoms with Crippen LogP contribution in [0.1, 0.15) is 56.1 Å². The van der Waals surface area contributed by atoms with E-state index in [0.717, 1.165) is 12.1 Å². The van der Waals surface area contributed by atoms with Crippen molar-refractivity contribution >= 4 is 46.6 Å². The monoisotopic (exact) mass is 626 g/mol. The van der Waals surface area contributed by atoms with Crippen LogP contribution in [-0.4, -0.2) is 38.5 Å². The highest BCUT2D eigenvalue weighted by atomic mass is 35.5. The van der Waals surface area contributed by atoms with Gasteiger partial charge in [-0.25, -0.2) is 4.98 Å². The molecule has 0 fully saturated rings. The Morgan fingerprint density at radius 1 is 1.05 bits per heavy atom. The number of rotatable bonds is 6. The van der Waals surface area contributed by atoms with Crippen LogP contribution in [0, 0.1) is 0 Å². The fraction of sp³-hybridized carbons (Fsp3) is 0.194. The molecule has 1 aliphatic heterocycles. The summed E-state index contributed by atoms with van der Waals surface area (Å²) >= 11 is 12.7. The number of carbonyl (C=O) groups is 3. The van der Waals surface area contributed by atoms with E-state index >= 15 is 0 Å². The third-order valence-corrected chi connectivity index (χ3v) is 7.75. The molecule has 12 heteroatoms. The molecule has 43 heavy (non-hydrogen) atoms. The summed E-state index contributed by atoms with van der Waals surface area (Å²) in [4.78, 5) is 50.0. The number of benzene rings is 2. The van der Waals surface area contributed by atoms with Crippen LogP contribution in [-0.2, 0) is 23.8 Å². The minimum Gasteiger partial charge on any atom is -0.321 e. The molecule has 0 spiro atoms. The minimum absolute atomic E-state index is 0.0141. The molecule has 0 aliphatic carbocycles. The quantitative estimate of drug-likeness (QED) is 0.249. The van der Waals surface area contributed by atoms with Crippen LogP contribution >= 0.6 is 23.2 Å². The van der Waals surface area contributed by atoms with E-state index in [1.807, 2.05) is 0 Å². The predicted octanol–water partition coefficient (Wildman–Crippen LogP) is 6.99. The molecule has 2 aromatic heterocycles. The number of nitrogens with one attached hydrogen (secondary N) is 1. The second-order valence-corrected chi connectivity index (χ2v) is 10.8. The number of fused-ring (bicyclic) bond motifs is 1. The largest absolute Gasteiger partial charge is 0.417 e. The number of carbonyl (C=O) groups excluding carboxylic acids is 3. The topological polar surface area (TPSA) is 92.3 Å². The van der Waals surface area contributed by atoms with Crippen molar-refractivity contribution < 1.29 is 27.6 Å². The van der Waals surface area contributed by atoms with E-state index < -0.39 is 29.7 Å². The molecule has 2 atom stereocenters. The van der Waals surface area contributed by atoms with Crippen molar-refractivity contribution in [2.45, 2.75) is 38.0 Å². The maximum absolute atomic E-state index is 14.0. The number of hydrogen-bond donors (Lipinski definition) is 1. The number of Topliss-reactive ketones (excluding diaryl/α,β-unsaturated/α-hetero) is 1. The van der Waals surface area contributed by atoms with E-state index in [9.17, 15) is 27.6 Å². The maximum Gasteiger partial charge on any atom is 0.417 e. The molecule has 2 aromatic carbocycles. The van der Waals surface area contributed by atoms with Gasteiger partial charge in [0.15, 0.2) is 5.78 Å². The van der Waals surface area contributed by atoms with Gasteiger partial charge in [0.25, 0.3) is 11.8 Å². The maximum atomic E-state index is 14.0. The highest BCUT2D eigenvalue weighted by Gasteiger charge is 2.39. The standard InChI is InChI=1S/C31H23Cl2F3N4O3/c1-17(18-5-8-24(25(33)13-18)29(42)39-28-10-6-20(16-38-28)31(34,35)36)40-26(15-22-4-2-3-11-37-22)27(41)14-19-12-21(32)7-9-23(19)30(40)43/h2-13,16-17,26H,14-15H2,1H3,(H,38,39,42)/t17?,26-/m1/s1. The van der Waals surface area contributed by atoms with E-state index in [1.165, 1.54) is 17.0 Å². The van der Waals surface area contributed by atoms with Gasteiger partial charge in [-0.3, -0.25) is 19.4 Å². The minimum atomic E-state index is -4.56. The van der Waals surface area contributed by atoms with E-state index in [-0.39, 0.29) is 40.9 Å². The molecule has 0 radical (unpaired) electrons. The fourth-order valence-electron chi connectivity index (χ4n) is 4.99. The number of hydrogen-bond acceptors (Lipinski definition) is 5. The van der Waals surface area contributed by atoms with Crippen molar-refractivity contribution in [3.05, 3.63) is 123 Å². The summed E-state index contributed by atoms with van der Waals surface area (Å²) in [5.74, 6) is -1.32. The first-order valence-corrected chi connectivity index (χ1v) is 13.9. The first-order chi connectivity index (χ1) is 20.4. The normalized spacial score (nSPS) is 16.0. The Bertz CT molecular complexity index is 1700. The molecule has 1 unspecified atom stereocenters. The van der Waals surface area contributed by atoms with Gasteiger partial charge >= 0.3 is 6.18 Å². The molecular weight excluding hydrogens is 604 g/mol. The number of ketones is 1. The Labute approximate surface area is 254 Å². The smallest absolute Gasteiger partial charge is 0.321 e. The summed E-state index contributed by atoms with van der Waals surface area (Å²) in [5.41, 5.74) is 1.18. The van der Waals surface area contributed by atoms with E-state index in [0.29, 0.717) is 33.6 Å². The van der Waals surface area contributed by atoms with Crippen LogP contribution in [0.3, 0.4) is 0 Å². The van der Waals surface area contributed by atoms with Crippen LogP contribution in [0.5, 0.6) is 0 Å². The molecule has 220 valence electrons. The molecule has 1 N–H and O–H groups in total. The Morgan fingerprint density at radius 2 is 1.84 bits per heavy atom. The average molecular weight is 627 g/mol. The van der Waals surface area contributed by atoms with Gasteiger partial charge in [-0.1, -0.05) is 35.3 Å². The van der Waals surface area contributed by atoms with Gasteiger partial charge in [-0.05, 0) is 72.6 Å². The van der Waals surface area contributed by atoms with Crippen molar-refractivity contribution in [3.63, 3.8) is 0 Å². The summed E-state index contributed by atoms with van der Waals surface area (Å²) in [6, 6.07) is 15.1. The van der Waals surface area contributed by atoms with Gasteiger partial charge in [-0.15, -0.1) is 0 Å². The first-order valence-electron chi connectivity index (χ1n) is 13.1. The van der Waals surface area contributed by atoms with E-state index in [2.05, 4.69) is 15.3 Å². The molecular formula is C31H23Cl2F3N4O3. The predicted molar refractivity (Wildman–Crippen MR) is 155 cm³/mol. The highest BCUT2D eigenvalue weighted by Crippen LogP contribution is 2.34. The summed E-state index contributed by atoms with van der Waals surface area (Å²) < 4.78 is 38.5. The van der Waals surface area contributed by atoms with Crippen LogP contribution in [0.15, 0.2) is 79.1 Å². The molecule has 5 rings (SSSR count). The van der Waals surface area contributed by atoms with Gasteiger partial charge in [0.05, 0.1) is 28.2 Å². The van der Waals surface area contributed by atoms with Crippen molar-refractivity contribution in [2.75, 3.05) is 5.32 Å². The van der Waals surface area contributed by atoms with Gasteiger partial charge in [0.2, 0.25) is 0 Å². The summed E-state index contributed by atoms with van der Waals surface area (Å²) in [5, 5.41) is 2.88. The molecule has 0 bridgehead atoms. The zero-order valence-electron chi connectivity index (χ0n) is 22.5. The molecule has 4 aromatic rings. The number of amides is 2. The highest BCUT2D eigenvalue weighted by molar-refractivity contribution is 6.34. The van der Waals surface area contributed by atoms with Crippen LogP contribution < -0.4 is 5.32 Å². The second kappa shape index (κ2) is 12.1.